The fourth-order valence-corrected chi connectivity index (χ4v) is 1.29. The number of aromatic nitrogens is 1. The van der Waals surface area contributed by atoms with Gasteiger partial charge in [0.15, 0.2) is 0 Å². The third-order valence-electron chi connectivity index (χ3n) is 1.96. The lowest BCUT2D eigenvalue weighted by molar-refractivity contribution is 0.146. The molecule has 0 aromatic carbocycles. The fraction of sp³-hybridized carbons (Fsp3) is 0.300. The second kappa shape index (κ2) is 5.04. The van der Waals surface area contributed by atoms with Crippen molar-refractivity contribution in [2.75, 3.05) is 7.11 Å². The molecule has 0 saturated heterocycles. The molecule has 0 aliphatic heterocycles. The molecule has 0 spiro atoms. The van der Waals surface area contributed by atoms with E-state index in [4.69, 9.17) is 15.3 Å². The molecule has 1 aromatic heterocycles. The van der Waals surface area contributed by atoms with Gasteiger partial charge < -0.3 is 4.74 Å². The summed E-state index contributed by atoms with van der Waals surface area (Å²) in [6, 6.07) is 3.52. The number of ether oxygens (including phenoxy) is 1. The summed E-state index contributed by atoms with van der Waals surface area (Å²) in [5, 5.41) is 17.3. The Bertz CT molecular complexity index is 474. The van der Waals surface area contributed by atoms with Crippen LogP contribution in [0.2, 0.25) is 0 Å². The van der Waals surface area contributed by atoms with Gasteiger partial charge in [0, 0.05) is 11.8 Å². The molecule has 0 unspecified atom stereocenters. The van der Waals surface area contributed by atoms with Gasteiger partial charge in [0.2, 0.25) is 0 Å². The van der Waals surface area contributed by atoms with Gasteiger partial charge in [0.25, 0.3) is 6.43 Å². The highest BCUT2D eigenvalue weighted by Gasteiger charge is 2.20. The van der Waals surface area contributed by atoms with Gasteiger partial charge in [-0.25, -0.2) is 13.8 Å². The van der Waals surface area contributed by atoms with E-state index in [0.717, 1.165) is 6.20 Å². The molecule has 1 heterocycles. The van der Waals surface area contributed by atoms with E-state index >= 15 is 0 Å². The zero-order valence-electron chi connectivity index (χ0n) is 8.37. The molecule has 4 nitrogen and oxygen atoms in total. The van der Waals surface area contributed by atoms with Crippen LogP contribution in [0.4, 0.5) is 8.78 Å². The molecule has 0 fully saturated rings. The molecule has 0 aliphatic carbocycles. The zero-order chi connectivity index (χ0) is 12.1. The molecule has 1 aromatic rings. The van der Waals surface area contributed by atoms with Crippen LogP contribution in [-0.2, 0) is 6.42 Å². The summed E-state index contributed by atoms with van der Waals surface area (Å²) in [4.78, 5) is 3.57. The third kappa shape index (κ3) is 2.06. The largest absolute Gasteiger partial charge is 0.496 e. The summed E-state index contributed by atoms with van der Waals surface area (Å²) in [7, 11) is 1.21. The Kier molecular flexibility index (Phi) is 3.73. The van der Waals surface area contributed by atoms with E-state index in [-0.39, 0.29) is 23.4 Å². The van der Waals surface area contributed by atoms with Crippen LogP contribution in [0.25, 0.3) is 0 Å². The Morgan fingerprint density at radius 2 is 2.19 bits per heavy atom. The molecule has 82 valence electrons. The maximum atomic E-state index is 12.6. The highest BCUT2D eigenvalue weighted by atomic mass is 19.3. The van der Waals surface area contributed by atoms with Crippen molar-refractivity contribution in [1.29, 1.82) is 10.5 Å². The van der Waals surface area contributed by atoms with Crippen molar-refractivity contribution >= 4 is 0 Å². The number of hydrogen-bond acceptors (Lipinski definition) is 4. The predicted octanol–water partition coefficient (Wildman–Crippen LogP) is 1.97. The summed E-state index contributed by atoms with van der Waals surface area (Å²) >= 11 is 0. The molecule has 0 saturated carbocycles. The molecule has 0 aliphatic rings. The van der Waals surface area contributed by atoms with Crippen molar-refractivity contribution in [3.63, 3.8) is 0 Å². The van der Waals surface area contributed by atoms with E-state index in [2.05, 4.69) is 4.98 Å². The molecule has 16 heavy (non-hydrogen) atoms. The second-order valence-electron chi connectivity index (χ2n) is 2.82. The molecule has 0 bridgehead atoms. The predicted molar refractivity (Wildman–Crippen MR) is 49.8 cm³/mol. The van der Waals surface area contributed by atoms with Crippen LogP contribution in [0.15, 0.2) is 6.20 Å². The Hall–Kier alpha value is -2.21. The first-order valence-electron chi connectivity index (χ1n) is 4.26. The summed E-state index contributed by atoms with van der Waals surface area (Å²) < 4.78 is 30.0. The number of pyridine rings is 1. The Morgan fingerprint density at radius 3 is 2.62 bits per heavy atom. The Morgan fingerprint density at radius 1 is 1.50 bits per heavy atom. The zero-order valence-corrected chi connectivity index (χ0v) is 8.37. The lowest BCUT2D eigenvalue weighted by atomic mass is 10.1. The van der Waals surface area contributed by atoms with Gasteiger partial charge in [-0.2, -0.15) is 10.5 Å². The van der Waals surface area contributed by atoms with Gasteiger partial charge in [0.1, 0.15) is 17.5 Å². The molecular formula is C10H7F2N3O. The average molecular weight is 223 g/mol. The number of nitriles is 2. The normalized spacial score (nSPS) is 9.62. The number of rotatable bonds is 3. The Labute approximate surface area is 90.7 Å². The highest BCUT2D eigenvalue weighted by molar-refractivity contribution is 5.48. The highest BCUT2D eigenvalue weighted by Crippen LogP contribution is 2.32. The molecule has 0 atom stereocenters. The van der Waals surface area contributed by atoms with Crippen LogP contribution in [0.3, 0.4) is 0 Å². The first-order valence-corrected chi connectivity index (χ1v) is 4.26. The van der Waals surface area contributed by atoms with E-state index < -0.39 is 12.0 Å². The third-order valence-corrected chi connectivity index (χ3v) is 1.96. The standard InChI is InChI=1S/C10H7F2N3O/c1-16-9-6(2-3-13)8(4-14)15-5-7(9)10(11)12/h5,10H,2H2,1H3. The second-order valence-corrected chi connectivity index (χ2v) is 2.82. The van der Waals surface area contributed by atoms with E-state index in [1.54, 1.807) is 12.1 Å². The molecule has 0 amide bonds. The van der Waals surface area contributed by atoms with E-state index in [9.17, 15) is 8.78 Å². The van der Waals surface area contributed by atoms with Crippen LogP contribution >= 0.6 is 0 Å². The lowest BCUT2D eigenvalue weighted by Gasteiger charge is -2.11. The maximum absolute atomic E-state index is 12.6. The van der Waals surface area contributed by atoms with Crippen LogP contribution in [-0.4, -0.2) is 12.1 Å². The summed E-state index contributed by atoms with van der Waals surface area (Å²) in [6.07, 6.45) is -2.06. The van der Waals surface area contributed by atoms with Gasteiger partial charge in [0.05, 0.1) is 25.2 Å². The number of nitrogens with zero attached hydrogens (tertiary/aromatic N) is 3. The molecule has 1 rings (SSSR count). The van der Waals surface area contributed by atoms with Crippen LogP contribution in [0, 0.1) is 22.7 Å². The van der Waals surface area contributed by atoms with Crippen molar-refractivity contribution in [3.05, 3.63) is 23.0 Å². The van der Waals surface area contributed by atoms with Gasteiger partial charge in [-0.1, -0.05) is 0 Å². The summed E-state index contributed by atoms with van der Waals surface area (Å²) in [5.74, 6) is -0.136. The SMILES string of the molecule is COc1c(C(F)F)cnc(C#N)c1CC#N. The van der Waals surface area contributed by atoms with Gasteiger partial charge in [-0.3, -0.25) is 0 Å². The topological polar surface area (TPSA) is 69.7 Å². The number of alkyl halides is 2. The molecule has 0 N–H and O–H groups in total. The van der Waals surface area contributed by atoms with Crippen molar-refractivity contribution < 1.29 is 13.5 Å². The van der Waals surface area contributed by atoms with Crippen LogP contribution in [0.5, 0.6) is 5.75 Å². The van der Waals surface area contributed by atoms with Gasteiger partial charge in [-0.15, -0.1) is 0 Å². The number of hydrogen-bond donors (Lipinski definition) is 0. The smallest absolute Gasteiger partial charge is 0.268 e. The average Bonchev–Trinajstić information content (AvgIpc) is 2.28. The quantitative estimate of drug-likeness (QED) is 0.785. The van der Waals surface area contributed by atoms with E-state index in [0.29, 0.717) is 0 Å². The lowest BCUT2D eigenvalue weighted by Crippen LogP contribution is -2.03. The molecular weight excluding hydrogens is 216 g/mol. The van der Waals surface area contributed by atoms with Crippen molar-refractivity contribution in [2.24, 2.45) is 0 Å². The monoisotopic (exact) mass is 223 g/mol. The Balaban J connectivity index is 3.45. The maximum Gasteiger partial charge on any atom is 0.268 e. The summed E-state index contributed by atoms with van der Waals surface area (Å²) in [6.45, 7) is 0. The van der Waals surface area contributed by atoms with Gasteiger partial charge in [-0.05, 0) is 0 Å². The minimum Gasteiger partial charge on any atom is -0.496 e. The van der Waals surface area contributed by atoms with Crippen molar-refractivity contribution in [1.82, 2.24) is 4.98 Å². The van der Waals surface area contributed by atoms with Crippen LogP contribution in [0.1, 0.15) is 23.2 Å². The fourth-order valence-electron chi connectivity index (χ4n) is 1.29. The van der Waals surface area contributed by atoms with Crippen molar-refractivity contribution in [2.45, 2.75) is 12.8 Å². The van der Waals surface area contributed by atoms with Crippen LogP contribution < -0.4 is 4.74 Å². The van der Waals surface area contributed by atoms with E-state index in [1.165, 1.54) is 7.11 Å². The summed E-state index contributed by atoms with van der Waals surface area (Å²) in [5.41, 5.74) is -0.375. The molecule has 6 heteroatoms. The first-order chi connectivity index (χ1) is 7.65. The number of methoxy groups -OCH3 is 1. The van der Waals surface area contributed by atoms with Gasteiger partial charge >= 0.3 is 0 Å². The van der Waals surface area contributed by atoms with E-state index in [1.807, 2.05) is 0 Å². The minimum absolute atomic E-state index is 0.0669. The molecule has 0 radical (unpaired) electrons. The minimum atomic E-state index is -2.76. The first kappa shape index (κ1) is 11.9. The number of halogens is 2. The van der Waals surface area contributed by atoms with Crippen molar-refractivity contribution in [3.8, 4) is 17.9 Å².